The highest BCUT2D eigenvalue weighted by Crippen LogP contribution is 2.22. The Morgan fingerprint density at radius 2 is 1.79 bits per heavy atom. The number of carbonyl (C=O) groups is 1. The van der Waals surface area contributed by atoms with E-state index in [4.69, 9.17) is 23.2 Å². The molecule has 1 N–H and O–H groups in total. The zero-order valence-electron chi connectivity index (χ0n) is 9.12. The number of aromatic nitrogens is 2. The predicted octanol–water partition coefficient (Wildman–Crippen LogP) is 4.56. The molecule has 1 amide bonds. The second kappa shape index (κ2) is 6.17. The van der Waals surface area contributed by atoms with E-state index in [0.717, 1.165) is 0 Å². The largest absolute Gasteiger partial charge is 0.304 e. The SMILES string of the molecule is O=C(Nc1ncc(Br)nc1Br)c1cc(Cl)cc(Cl)c1. The first-order valence-electron chi connectivity index (χ1n) is 4.91. The molecule has 0 unspecified atom stereocenters. The van der Waals surface area contributed by atoms with Crippen molar-refractivity contribution in [1.82, 2.24) is 9.97 Å². The summed E-state index contributed by atoms with van der Waals surface area (Å²) >= 11 is 18.1. The Morgan fingerprint density at radius 3 is 2.37 bits per heavy atom. The summed E-state index contributed by atoms with van der Waals surface area (Å²) in [4.78, 5) is 20.1. The fourth-order valence-electron chi connectivity index (χ4n) is 1.30. The van der Waals surface area contributed by atoms with Crippen LogP contribution in [0.5, 0.6) is 0 Å². The number of carbonyl (C=O) groups excluding carboxylic acids is 1. The summed E-state index contributed by atoms with van der Waals surface area (Å²) in [7, 11) is 0. The number of halogens is 4. The fourth-order valence-corrected chi connectivity index (χ4v) is 2.73. The second-order valence-corrected chi connectivity index (χ2v) is 5.88. The lowest BCUT2D eigenvalue weighted by atomic mass is 10.2. The maximum Gasteiger partial charge on any atom is 0.256 e. The minimum absolute atomic E-state index is 0.310. The van der Waals surface area contributed by atoms with E-state index in [1.807, 2.05) is 0 Å². The first kappa shape index (κ1) is 14.7. The molecule has 0 aliphatic rings. The van der Waals surface area contributed by atoms with Crippen molar-refractivity contribution < 1.29 is 4.79 Å². The van der Waals surface area contributed by atoms with Crippen molar-refractivity contribution in [2.24, 2.45) is 0 Å². The Bertz CT molecular complexity index is 632. The van der Waals surface area contributed by atoms with Crippen molar-refractivity contribution in [1.29, 1.82) is 0 Å². The van der Waals surface area contributed by atoms with E-state index in [1.54, 1.807) is 6.07 Å². The number of anilines is 1. The molecule has 0 atom stereocenters. The van der Waals surface area contributed by atoms with Crippen LogP contribution in [0.25, 0.3) is 0 Å². The number of benzene rings is 1. The van der Waals surface area contributed by atoms with Crippen LogP contribution in [0.4, 0.5) is 5.82 Å². The summed E-state index contributed by atoms with van der Waals surface area (Å²) in [6.45, 7) is 0. The van der Waals surface area contributed by atoms with E-state index in [1.165, 1.54) is 18.3 Å². The zero-order valence-corrected chi connectivity index (χ0v) is 13.8. The summed E-state index contributed by atoms with van der Waals surface area (Å²) < 4.78 is 0.978. The smallest absolute Gasteiger partial charge is 0.256 e. The Hall–Kier alpha value is -0.690. The first-order chi connectivity index (χ1) is 8.95. The maximum absolute atomic E-state index is 12.0. The van der Waals surface area contributed by atoms with Crippen molar-refractivity contribution in [3.05, 3.63) is 49.2 Å². The van der Waals surface area contributed by atoms with Gasteiger partial charge in [-0.2, -0.15) is 0 Å². The molecule has 1 aromatic heterocycles. The van der Waals surface area contributed by atoms with Gasteiger partial charge in [0, 0.05) is 15.6 Å². The molecule has 4 nitrogen and oxygen atoms in total. The van der Waals surface area contributed by atoms with E-state index in [-0.39, 0.29) is 5.91 Å². The Balaban J connectivity index is 2.25. The molecule has 0 saturated heterocycles. The number of rotatable bonds is 2. The first-order valence-corrected chi connectivity index (χ1v) is 7.25. The van der Waals surface area contributed by atoms with Gasteiger partial charge in [0.25, 0.3) is 5.91 Å². The van der Waals surface area contributed by atoms with Gasteiger partial charge in [-0.15, -0.1) is 0 Å². The van der Waals surface area contributed by atoms with Gasteiger partial charge >= 0.3 is 0 Å². The summed E-state index contributed by atoms with van der Waals surface area (Å²) in [6.07, 6.45) is 1.48. The molecule has 19 heavy (non-hydrogen) atoms. The van der Waals surface area contributed by atoms with E-state index in [9.17, 15) is 4.79 Å². The number of nitrogens with zero attached hydrogens (tertiary/aromatic N) is 2. The van der Waals surface area contributed by atoms with Crippen LogP contribution in [-0.4, -0.2) is 15.9 Å². The summed E-state index contributed by atoms with van der Waals surface area (Å²) in [5.74, 6) is -0.0639. The molecular weight excluding hydrogens is 421 g/mol. The standard InChI is InChI=1S/C11H5Br2Cl2N3O/c12-8-4-16-10(9(13)17-8)18-11(19)5-1-6(14)3-7(15)2-5/h1-4H,(H,16,18,19). The molecule has 0 radical (unpaired) electrons. The number of hydrogen-bond donors (Lipinski definition) is 1. The lowest BCUT2D eigenvalue weighted by Crippen LogP contribution is -2.13. The average molecular weight is 426 g/mol. The molecule has 0 spiro atoms. The number of amides is 1. The van der Waals surface area contributed by atoms with Crippen molar-refractivity contribution >= 4 is 66.8 Å². The lowest BCUT2D eigenvalue weighted by Gasteiger charge is -2.06. The van der Waals surface area contributed by atoms with Gasteiger partial charge in [0.2, 0.25) is 0 Å². The summed E-state index contributed by atoms with van der Waals surface area (Å²) in [5.41, 5.74) is 0.342. The third kappa shape index (κ3) is 3.89. The van der Waals surface area contributed by atoms with E-state index in [0.29, 0.717) is 30.6 Å². The quantitative estimate of drug-likeness (QED) is 0.767. The Morgan fingerprint density at radius 1 is 1.16 bits per heavy atom. The van der Waals surface area contributed by atoms with Crippen LogP contribution in [0, 0.1) is 0 Å². The Labute approximate surface area is 135 Å². The summed E-state index contributed by atoms with van der Waals surface area (Å²) in [6, 6.07) is 4.58. The molecule has 0 bridgehead atoms. The lowest BCUT2D eigenvalue weighted by molar-refractivity contribution is 0.102. The number of hydrogen-bond acceptors (Lipinski definition) is 3. The zero-order chi connectivity index (χ0) is 14.0. The van der Waals surface area contributed by atoms with Gasteiger partial charge in [0.15, 0.2) is 5.82 Å². The molecule has 1 heterocycles. The number of nitrogens with one attached hydrogen (secondary N) is 1. The van der Waals surface area contributed by atoms with Gasteiger partial charge in [0.05, 0.1) is 6.20 Å². The molecular formula is C11H5Br2Cl2N3O. The van der Waals surface area contributed by atoms with Gasteiger partial charge in [-0.1, -0.05) is 23.2 Å². The average Bonchev–Trinajstić information content (AvgIpc) is 2.31. The predicted molar refractivity (Wildman–Crippen MR) is 81.8 cm³/mol. The van der Waals surface area contributed by atoms with E-state index in [2.05, 4.69) is 47.1 Å². The second-order valence-electron chi connectivity index (χ2n) is 3.44. The minimum Gasteiger partial charge on any atom is -0.304 e. The molecule has 8 heteroatoms. The topological polar surface area (TPSA) is 54.9 Å². The van der Waals surface area contributed by atoms with Gasteiger partial charge in [-0.3, -0.25) is 4.79 Å². The third-order valence-electron chi connectivity index (χ3n) is 2.06. The minimum atomic E-state index is -0.373. The maximum atomic E-state index is 12.0. The summed E-state index contributed by atoms with van der Waals surface area (Å²) in [5, 5.41) is 3.39. The molecule has 0 aliphatic heterocycles. The van der Waals surface area contributed by atoms with E-state index >= 15 is 0 Å². The molecule has 0 fully saturated rings. The van der Waals surface area contributed by atoms with Gasteiger partial charge in [-0.05, 0) is 50.1 Å². The van der Waals surface area contributed by atoms with Gasteiger partial charge in [-0.25, -0.2) is 9.97 Å². The van der Waals surface area contributed by atoms with Crippen LogP contribution in [0.15, 0.2) is 33.6 Å². The van der Waals surface area contributed by atoms with Crippen LogP contribution in [0.1, 0.15) is 10.4 Å². The van der Waals surface area contributed by atoms with Crippen molar-refractivity contribution in [2.75, 3.05) is 5.32 Å². The van der Waals surface area contributed by atoms with Crippen LogP contribution in [0.2, 0.25) is 10.0 Å². The molecule has 98 valence electrons. The highest BCUT2D eigenvalue weighted by Gasteiger charge is 2.12. The van der Waals surface area contributed by atoms with Crippen LogP contribution in [0.3, 0.4) is 0 Å². The van der Waals surface area contributed by atoms with Gasteiger partial charge < -0.3 is 5.32 Å². The highest BCUT2D eigenvalue weighted by atomic mass is 79.9. The van der Waals surface area contributed by atoms with Crippen LogP contribution in [-0.2, 0) is 0 Å². The van der Waals surface area contributed by atoms with Crippen molar-refractivity contribution in [3.63, 3.8) is 0 Å². The molecule has 1 aromatic carbocycles. The van der Waals surface area contributed by atoms with Crippen molar-refractivity contribution in [2.45, 2.75) is 0 Å². The molecule has 2 rings (SSSR count). The van der Waals surface area contributed by atoms with Gasteiger partial charge in [0.1, 0.15) is 9.21 Å². The van der Waals surface area contributed by atoms with E-state index < -0.39 is 0 Å². The monoisotopic (exact) mass is 423 g/mol. The van der Waals surface area contributed by atoms with Crippen LogP contribution >= 0.6 is 55.1 Å². The normalized spacial score (nSPS) is 10.3. The Kier molecular flexibility index (Phi) is 4.78. The molecule has 0 aliphatic carbocycles. The van der Waals surface area contributed by atoms with Crippen LogP contribution < -0.4 is 5.32 Å². The molecule has 0 saturated carbocycles. The van der Waals surface area contributed by atoms with Crippen molar-refractivity contribution in [3.8, 4) is 0 Å². The fraction of sp³-hybridized carbons (Fsp3) is 0. The molecule has 2 aromatic rings. The third-order valence-corrected chi connectivity index (χ3v) is 3.43. The highest BCUT2D eigenvalue weighted by molar-refractivity contribution is 9.11.